The number of para-hydroxylation sites is 1. The van der Waals surface area contributed by atoms with Gasteiger partial charge in [-0.2, -0.15) is 0 Å². The van der Waals surface area contributed by atoms with Crippen molar-refractivity contribution >= 4 is 40.5 Å². The molecule has 2 aromatic carbocycles. The number of nitrogens with zero attached hydrogens (tertiary/aromatic N) is 6. The summed E-state index contributed by atoms with van der Waals surface area (Å²) in [7, 11) is 0. The monoisotopic (exact) mass is 656 g/mol. The number of carbonyl (C=O) groups is 3. The lowest BCUT2D eigenvalue weighted by Crippen LogP contribution is -2.57. The van der Waals surface area contributed by atoms with Crippen LogP contribution in [0.25, 0.3) is 11.0 Å². The zero-order chi connectivity index (χ0) is 33.1. The second kappa shape index (κ2) is 14.0. The molecule has 6 atom stereocenters. The van der Waals surface area contributed by atoms with E-state index in [0.717, 1.165) is 29.4 Å². The van der Waals surface area contributed by atoms with E-state index in [2.05, 4.69) is 30.4 Å². The molecule has 0 aliphatic carbocycles. The molecule has 3 fully saturated rings. The van der Waals surface area contributed by atoms with Crippen molar-refractivity contribution in [1.29, 1.82) is 0 Å². The first-order valence-electron chi connectivity index (χ1n) is 16.6. The van der Waals surface area contributed by atoms with Crippen LogP contribution in [0.15, 0.2) is 79.9 Å². The minimum absolute atomic E-state index is 0.0478. The Morgan fingerprint density at radius 1 is 1.02 bits per heavy atom. The van der Waals surface area contributed by atoms with Crippen LogP contribution in [0.1, 0.15) is 38.2 Å². The zero-order valence-corrected chi connectivity index (χ0v) is 27.8. The molecule has 10 nitrogen and oxygen atoms in total. The Balaban J connectivity index is 1.36. The van der Waals surface area contributed by atoms with E-state index in [0.29, 0.717) is 32.5 Å². The third-order valence-electron chi connectivity index (χ3n) is 10.1. The highest BCUT2D eigenvalue weighted by Gasteiger charge is 2.76. The highest BCUT2D eigenvalue weighted by molar-refractivity contribution is 8.02. The second-order valence-electron chi connectivity index (χ2n) is 12.9. The number of benzene rings is 2. The summed E-state index contributed by atoms with van der Waals surface area (Å²) >= 11 is 1.69. The number of aliphatic hydroxyl groups excluding tert-OH is 1. The van der Waals surface area contributed by atoms with E-state index < -0.39 is 22.6 Å². The van der Waals surface area contributed by atoms with Gasteiger partial charge in [0.15, 0.2) is 0 Å². The average molecular weight is 657 g/mol. The van der Waals surface area contributed by atoms with Crippen LogP contribution in [0, 0.1) is 17.8 Å². The lowest BCUT2D eigenvalue weighted by molar-refractivity contribution is -0.145. The van der Waals surface area contributed by atoms with Gasteiger partial charge in [-0.3, -0.25) is 14.4 Å². The standard InChI is InChI=1S/C36H44N6O4S/c1-4-18-39(23-26-14-8-6-9-15-26)33(44)30-29-22-25(3)36(47-29)31(30)34(45)41(20-12-7-13-21-43)32(36)35(46)40(19-5-2)24-42-28-17-11-10-16-27(28)37-38-42/h4-6,8-11,14-17,25,29-32,43H,1-2,7,12-13,18-24H2,3H3/t25?,29-,30+,31-,32?,36?/m0/s1. The predicted molar refractivity (Wildman–Crippen MR) is 183 cm³/mol. The van der Waals surface area contributed by atoms with Gasteiger partial charge in [-0.15, -0.1) is 30.0 Å². The van der Waals surface area contributed by atoms with Crippen LogP contribution in [0.2, 0.25) is 0 Å². The molecule has 3 aliphatic rings. The number of unbranched alkanes of at least 4 members (excludes halogenated alkanes) is 2. The van der Waals surface area contributed by atoms with Crippen LogP contribution in [-0.2, 0) is 27.6 Å². The van der Waals surface area contributed by atoms with E-state index in [1.54, 1.807) is 43.3 Å². The van der Waals surface area contributed by atoms with Crippen molar-refractivity contribution < 1.29 is 19.5 Å². The molecule has 3 aromatic rings. The maximum absolute atomic E-state index is 14.9. The van der Waals surface area contributed by atoms with E-state index in [1.807, 2.05) is 54.6 Å². The van der Waals surface area contributed by atoms with Gasteiger partial charge >= 0.3 is 0 Å². The van der Waals surface area contributed by atoms with Gasteiger partial charge in [-0.05, 0) is 49.3 Å². The number of thioether (sulfide) groups is 1. The van der Waals surface area contributed by atoms with Crippen molar-refractivity contribution in [3.63, 3.8) is 0 Å². The molecule has 3 aliphatic heterocycles. The molecular formula is C36H44N6O4S. The molecule has 1 aromatic heterocycles. The van der Waals surface area contributed by atoms with Crippen molar-refractivity contribution in [2.24, 2.45) is 17.8 Å². The summed E-state index contributed by atoms with van der Waals surface area (Å²) in [6.45, 7) is 11.7. The molecule has 2 bridgehead atoms. The van der Waals surface area contributed by atoms with E-state index in [9.17, 15) is 19.5 Å². The van der Waals surface area contributed by atoms with E-state index in [4.69, 9.17) is 0 Å². The highest BCUT2D eigenvalue weighted by Crippen LogP contribution is 2.69. The number of carbonyl (C=O) groups excluding carboxylic acids is 3. The third kappa shape index (κ3) is 5.88. The number of hydrogen-bond acceptors (Lipinski definition) is 7. The fraction of sp³-hybridized carbons (Fsp3) is 0.472. The molecule has 1 N–H and O–H groups in total. The molecule has 11 heteroatoms. The van der Waals surface area contributed by atoms with Crippen LogP contribution in [-0.4, -0.2) is 94.8 Å². The summed E-state index contributed by atoms with van der Waals surface area (Å²) in [5.74, 6) is -1.42. The Hall–Kier alpha value is -3.96. The zero-order valence-electron chi connectivity index (χ0n) is 27.0. The van der Waals surface area contributed by atoms with E-state index in [-0.39, 0.29) is 48.7 Å². The molecule has 0 saturated carbocycles. The summed E-state index contributed by atoms with van der Waals surface area (Å²) in [6, 6.07) is 16.7. The van der Waals surface area contributed by atoms with Gasteiger partial charge in [0, 0.05) is 38.0 Å². The van der Waals surface area contributed by atoms with E-state index >= 15 is 0 Å². The molecule has 6 rings (SSSR count). The summed E-state index contributed by atoms with van der Waals surface area (Å²) < 4.78 is 0.965. The maximum atomic E-state index is 14.9. The number of aromatic nitrogens is 3. The van der Waals surface area contributed by atoms with Crippen molar-refractivity contribution in [1.82, 2.24) is 29.7 Å². The molecule has 0 radical (unpaired) electrons. The third-order valence-corrected chi connectivity index (χ3v) is 12.2. The molecule has 248 valence electrons. The molecule has 47 heavy (non-hydrogen) atoms. The average Bonchev–Trinajstić information content (AvgIpc) is 3.80. The molecule has 3 amide bonds. The summed E-state index contributed by atoms with van der Waals surface area (Å²) in [5, 5.41) is 18.0. The van der Waals surface area contributed by atoms with Gasteiger partial charge in [0.2, 0.25) is 17.7 Å². The largest absolute Gasteiger partial charge is 0.396 e. The predicted octanol–water partition coefficient (Wildman–Crippen LogP) is 4.12. The van der Waals surface area contributed by atoms with E-state index in [1.165, 1.54) is 0 Å². The quantitative estimate of drug-likeness (QED) is 0.194. The number of fused-ring (bicyclic) bond motifs is 2. The van der Waals surface area contributed by atoms with Crippen LogP contribution < -0.4 is 0 Å². The Morgan fingerprint density at radius 3 is 2.49 bits per heavy atom. The number of amides is 3. The number of hydrogen-bond donors (Lipinski definition) is 1. The lowest BCUT2D eigenvalue weighted by atomic mass is 9.65. The summed E-state index contributed by atoms with van der Waals surface area (Å²) in [4.78, 5) is 49.4. The summed E-state index contributed by atoms with van der Waals surface area (Å²) in [6.07, 6.45) is 6.21. The van der Waals surface area contributed by atoms with Crippen LogP contribution in [0.5, 0.6) is 0 Å². The van der Waals surface area contributed by atoms with Crippen LogP contribution in [0.3, 0.4) is 0 Å². The Labute approximate surface area is 280 Å². The van der Waals surface area contributed by atoms with Gasteiger partial charge in [-0.25, -0.2) is 4.68 Å². The second-order valence-corrected chi connectivity index (χ2v) is 14.5. The van der Waals surface area contributed by atoms with Crippen molar-refractivity contribution in [2.45, 2.75) is 61.9 Å². The molecule has 3 saturated heterocycles. The minimum atomic E-state index is -0.743. The van der Waals surface area contributed by atoms with Crippen LogP contribution >= 0.6 is 11.8 Å². The van der Waals surface area contributed by atoms with Crippen molar-refractivity contribution in [3.05, 3.63) is 85.5 Å². The molecule has 1 spiro atoms. The van der Waals surface area contributed by atoms with Crippen molar-refractivity contribution in [3.8, 4) is 0 Å². The van der Waals surface area contributed by atoms with Gasteiger partial charge in [0.25, 0.3) is 0 Å². The number of rotatable bonds is 15. The molecule has 4 heterocycles. The topological polar surface area (TPSA) is 112 Å². The Bertz CT molecular complexity index is 1630. The number of likely N-dealkylation sites (tertiary alicyclic amines) is 1. The lowest BCUT2D eigenvalue weighted by Gasteiger charge is -2.41. The van der Waals surface area contributed by atoms with Crippen molar-refractivity contribution in [2.75, 3.05) is 26.2 Å². The highest BCUT2D eigenvalue weighted by atomic mass is 32.2. The number of aliphatic hydroxyl groups is 1. The fourth-order valence-electron chi connectivity index (χ4n) is 8.02. The minimum Gasteiger partial charge on any atom is -0.396 e. The first-order chi connectivity index (χ1) is 22.8. The Kier molecular flexibility index (Phi) is 9.84. The summed E-state index contributed by atoms with van der Waals surface area (Å²) in [5.41, 5.74) is 2.56. The SMILES string of the molecule is C=CCN(Cn1nnc2ccccc21)C(=O)C1N(CCCCCO)C(=O)[C@@H]2[C@H](C(=O)N(CC=C)Cc3ccccc3)[C@@H]3CC(C)C12S3. The molecular weight excluding hydrogens is 613 g/mol. The van der Waals surface area contributed by atoms with Gasteiger partial charge in [-0.1, -0.05) is 66.8 Å². The fourth-order valence-corrected chi connectivity index (χ4v) is 10.4. The van der Waals surface area contributed by atoms with Gasteiger partial charge in [0.1, 0.15) is 18.2 Å². The first-order valence-corrected chi connectivity index (χ1v) is 17.4. The Morgan fingerprint density at radius 2 is 1.74 bits per heavy atom. The first kappa shape index (κ1) is 33.0. The maximum Gasteiger partial charge on any atom is 0.248 e. The van der Waals surface area contributed by atoms with Gasteiger partial charge < -0.3 is 19.8 Å². The molecule has 3 unspecified atom stereocenters. The smallest absolute Gasteiger partial charge is 0.248 e. The van der Waals surface area contributed by atoms with Gasteiger partial charge in [0.05, 0.1) is 22.1 Å². The van der Waals surface area contributed by atoms with Crippen LogP contribution in [0.4, 0.5) is 0 Å². The normalized spacial score (nSPS) is 26.0.